The summed E-state index contributed by atoms with van der Waals surface area (Å²) >= 11 is 0. The SMILES string of the molecule is COCC(Nc1nccn(C(C)C)c1=O)C(=O)O. The van der Waals surface area contributed by atoms with Gasteiger partial charge in [-0.15, -0.1) is 0 Å². The molecule has 0 aliphatic carbocycles. The fourth-order valence-corrected chi connectivity index (χ4v) is 1.44. The molecule has 0 aliphatic heterocycles. The number of aromatic nitrogens is 2. The molecule has 0 amide bonds. The van der Waals surface area contributed by atoms with Gasteiger partial charge in [-0.05, 0) is 13.8 Å². The van der Waals surface area contributed by atoms with Gasteiger partial charge in [-0.1, -0.05) is 0 Å². The maximum absolute atomic E-state index is 12.0. The lowest BCUT2D eigenvalue weighted by Crippen LogP contribution is -2.37. The van der Waals surface area contributed by atoms with Crippen LogP contribution in [0.25, 0.3) is 0 Å². The number of nitrogens with one attached hydrogen (secondary N) is 1. The van der Waals surface area contributed by atoms with Gasteiger partial charge in [0.05, 0.1) is 6.61 Å². The molecule has 0 saturated carbocycles. The summed E-state index contributed by atoms with van der Waals surface area (Å²) < 4.78 is 6.25. The molecule has 0 spiro atoms. The monoisotopic (exact) mass is 255 g/mol. The average Bonchev–Trinajstić information content (AvgIpc) is 2.30. The highest BCUT2D eigenvalue weighted by Gasteiger charge is 2.19. The molecule has 0 radical (unpaired) electrons. The van der Waals surface area contributed by atoms with Crippen molar-refractivity contribution in [3.05, 3.63) is 22.7 Å². The number of anilines is 1. The van der Waals surface area contributed by atoms with Crippen molar-refractivity contribution in [2.75, 3.05) is 19.0 Å². The van der Waals surface area contributed by atoms with Crippen LogP contribution in [0.4, 0.5) is 5.82 Å². The largest absolute Gasteiger partial charge is 0.480 e. The van der Waals surface area contributed by atoms with E-state index in [9.17, 15) is 9.59 Å². The Morgan fingerprint density at radius 1 is 1.61 bits per heavy atom. The van der Waals surface area contributed by atoms with Crippen molar-refractivity contribution in [1.29, 1.82) is 0 Å². The van der Waals surface area contributed by atoms with Gasteiger partial charge in [0.15, 0.2) is 5.82 Å². The number of hydrogen-bond acceptors (Lipinski definition) is 5. The van der Waals surface area contributed by atoms with Gasteiger partial charge in [-0.25, -0.2) is 9.78 Å². The highest BCUT2D eigenvalue weighted by atomic mass is 16.5. The topological polar surface area (TPSA) is 93.5 Å². The third-order valence-corrected chi connectivity index (χ3v) is 2.37. The minimum Gasteiger partial charge on any atom is -0.480 e. The number of rotatable bonds is 6. The lowest BCUT2D eigenvalue weighted by Gasteiger charge is -2.15. The second-order valence-corrected chi connectivity index (χ2v) is 4.07. The zero-order valence-corrected chi connectivity index (χ0v) is 10.6. The van der Waals surface area contributed by atoms with E-state index >= 15 is 0 Å². The smallest absolute Gasteiger partial charge is 0.328 e. The summed E-state index contributed by atoms with van der Waals surface area (Å²) in [4.78, 5) is 26.8. The Hall–Kier alpha value is -1.89. The quantitative estimate of drug-likeness (QED) is 0.761. The van der Waals surface area contributed by atoms with Crippen LogP contribution in [0.2, 0.25) is 0 Å². The Labute approximate surface area is 104 Å². The highest BCUT2D eigenvalue weighted by Crippen LogP contribution is 2.03. The van der Waals surface area contributed by atoms with Crippen molar-refractivity contribution in [3.63, 3.8) is 0 Å². The van der Waals surface area contributed by atoms with Crippen molar-refractivity contribution in [1.82, 2.24) is 9.55 Å². The lowest BCUT2D eigenvalue weighted by atomic mass is 10.3. The van der Waals surface area contributed by atoms with Crippen LogP contribution in [-0.4, -0.2) is 40.4 Å². The molecule has 1 atom stereocenters. The van der Waals surface area contributed by atoms with Gasteiger partial charge >= 0.3 is 5.97 Å². The zero-order chi connectivity index (χ0) is 13.7. The Morgan fingerprint density at radius 2 is 2.28 bits per heavy atom. The van der Waals surface area contributed by atoms with Crippen molar-refractivity contribution in [2.24, 2.45) is 0 Å². The summed E-state index contributed by atoms with van der Waals surface area (Å²) in [5.74, 6) is -1.09. The van der Waals surface area contributed by atoms with E-state index in [1.807, 2.05) is 13.8 Å². The minimum atomic E-state index is -1.10. The van der Waals surface area contributed by atoms with Crippen LogP contribution in [0.1, 0.15) is 19.9 Å². The molecule has 0 saturated heterocycles. The van der Waals surface area contributed by atoms with Crippen molar-refractivity contribution in [2.45, 2.75) is 25.9 Å². The van der Waals surface area contributed by atoms with Crippen LogP contribution in [0.5, 0.6) is 0 Å². The van der Waals surface area contributed by atoms with Crippen LogP contribution in [0.15, 0.2) is 17.2 Å². The molecule has 1 aromatic rings. The van der Waals surface area contributed by atoms with Gasteiger partial charge in [-0.3, -0.25) is 4.79 Å². The molecule has 1 rings (SSSR count). The third-order valence-electron chi connectivity index (χ3n) is 2.37. The second-order valence-electron chi connectivity index (χ2n) is 4.07. The molecule has 0 aliphatic rings. The number of carboxylic acid groups (broad SMARTS) is 1. The fraction of sp³-hybridized carbons (Fsp3) is 0.545. The molecule has 1 aromatic heterocycles. The minimum absolute atomic E-state index is 0.00986. The molecule has 18 heavy (non-hydrogen) atoms. The molecular weight excluding hydrogens is 238 g/mol. The first-order valence-electron chi connectivity index (χ1n) is 5.52. The summed E-state index contributed by atoms with van der Waals surface area (Å²) in [6.07, 6.45) is 3.01. The van der Waals surface area contributed by atoms with Crippen LogP contribution >= 0.6 is 0 Å². The summed E-state index contributed by atoms with van der Waals surface area (Å²) in [5, 5.41) is 11.5. The number of carbonyl (C=O) groups is 1. The van der Waals surface area contributed by atoms with Gasteiger partial charge in [-0.2, -0.15) is 0 Å². The van der Waals surface area contributed by atoms with E-state index in [4.69, 9.17) is 9.84 Å². The Kier molecular flexibility index (Phi) is 4.85. The summed E-state index contributed by atoms with van der Waals surface area (Å²) in [6, 6.07) is -1.02. The summed E-state index contributed by atoms with van der Waals surface area (Å²) in [7, 11) is 1.39. The number of hydrogen-bond donors (Lipinski definition) is 2. The van der Waals surface area contributed by atoms with Gasteiger partial charge in [0, 0.05) is 25.5 Å². The molecule has 1 heterocycles. The van der Waals surface area contributed by atoms with Crippen LogP contribution in [0.3, 0.4) is 0 Å². The van der Waals surface area contributed by atoms with E-state index in [1.165, 1.54) is 17.9 Å². The van der Waals surface area contributed by atoms with Gasteiger partial charge < -0.3 is 19.7 Å². The van der Waals surface area contributed by atoms with Crippen LogP contribution in [0, 0.1) is 0 Å². The number of methoxy groups -OCH3 is 1. The maximum atomic E-state index is 12.0. The maximum Gasteiger partial charge on any atom is 0.328 e. The predicted octanol–water partition coefficient (Wildman–Crippen LogP) is 0.336. The van der Waals surface area contributed by atoms with Crippen molar-refractivity contribution >= 4 is 11.8 Å². The first-order valence-corrected chi connectivity index (χ1v) is 5.52. The molecule has 1 unspecified atom stereocenters. The van der Waals surface area contributed by atoms with Gasteiger partial charge in [0.25, 0.3) is 5.56 Å². The molecular formula is C11H17N3O4. The van der Waals surface area contributed by atoms with E-state index in [2.05, 4.69) is 10.3 Å². The normalized spacial score (nSPS) is 12.4. The molecule has 7 nitrogen and oxygen atoms in total. The van der Waals surface area contributed by atoms with E-state index < -0.39 is 12.0 Å². The van der Waals surface area contributed by atoms with Crippen LogP contribution in [-0.2, 0) is 9.53 Å². The Balaban J connectivity index is 3.00. The first-order chi connectivity index (χ1) is 8.47. The second kappa shape index (κ2) is 6.15. The zero-order valence-electron chi connectivity index (χ0n) is 10.6. The number of ether oxygens (including phenoxy) is 1. The Bertz CT molecular complexity index is 470. The van der Waals surface area contributed by atoms with E-state index in [-0.39, 0.29) is 24.0 Å². The van der Waals surface area contributed by atoms with Crippen LogP contribution < -0.4 is 10.9 Å². The van der Waals surface area contributed by atoms with E-state index in [1.54, 1.807) is 6.20 Å². The predicted molar refractivity (Wildman–Crippen MR) is 65.8 cm³/mol. The summed E-state index contributed by atoms with van der Waals surface area (Å²) in [5.41, 5.74) is -0.352. The van der Waals surface area contributed by atoms with E-state index in [0.29, 0.717) is 0 Å². The van der Waals surface area contributed by atoms with Gasteiger partial charge in [0.2, 0.25) is 0 Å². The fourth-order valence-electron chi connectivity index (χ4n) is 1.44. The molecule has 2 N–H and O–H groups in total. The number of aliphatic carboxylic acids is 1. The molecule has 7 heteroatoms. The molecule has 100 valence electrons. The summed E-state index contributed by atoms with van der Waals surface area (Å²) in [6.45, 7) is 3.66. The first kappa shape index (κ1) is 14.2. The molecule has 0 aromatic carbocycles. The number of carboxylic acids is 1. The third kappa shape index (κ3) is 3.30. The lowest BCUT2D eigenvalue weighted by molar-refractivity contribution is -0.139. The molecule has 0 bridgehead atoms. The Morgan fingerprint density at radius 3 is 2.78 bits per heavy atom. The van der Waals surface area contributed by atoms with Crippen molar-refractivity contribution in [3.8, 4) is 0 Å². The molecule has 0 fully saturated rings. The number of nitrogens with zero attached hydrogens (tertiary/aromatic N) is 2. The average molecular weight is 255 g/mol. The highest BCUT2D eigenvalue weighted by molar-refractivity contribution is 5.76. The standard InChI is InChI=1S/C11H17N3O4/c1-7(2)14-5-4-12-9(10(14)15)13-8(6-18-3)11(16)17/h4-5,7-8H,6H2,1-3H3,(H,12,13)(H,16,17). The van der Waals surface area contributed by atoms with Crippen molar-refractivity contribution < 1.29 is 14.6 Å². The van der Waals surface area contributed by atoms with E-state index in [0.717, 1.165) is 0 Å². The van der Waals surface area contributed by atoms with Gasteiger partial charge in [0.1, 0.15) is 6.04 Å².